The molecule has 2 aromatic carbocycles. The Hall–Kier alpha value is -1.68. The standard InChI is InChI=1S/C21H29FNO3P/c1-3-5-16-25-27(24,26-17-6-4-2)21(19-14-10-11-15-20(19)22)23-18-12-8-7-9-13-18/h7-15,21,23H,3-6,16-17H2,1-2H3/t21-/m0/s1. The number of para-hydroxylation sites is 1. The molecule has 1 N–H and O–H groups in total. The van der Waals surface area contributed by atoms with Gasteiger partial charge in [0.1, 0.15) is 5.82 Å². The summed E-state index contributed by atoms with van der Waals surface area (Å²) in [5.41, 5.74) is 1.00. The largest absolute Gasteiger partial charge is 0.368 e. The molecule has 0 radical (unpaired) electrons. The second kappa shape index (κ2) is 11.2. The smallest absolute Gasteiger partial charge is 0.357 e. The van der Waals surface area contributed by atoms with Gasteiger partial charge in [0, 0.05) is 11.3 Å². The molecular formula is C21H29FNO3P. The zero-order valence-corrected chi connectivity index (χ0v) is 17.0. The molecule has 1 atom stereocenters. The molecule has 0 saturated heterocycles. The van der Waals surface area contributed by atoms with Crippen molar-refractivity contribution < 1.29 is 18.0 Å². The molecule has 0 heterocycles. The van der Waals surface area contributed by atoms with Gasteiger partial charge >= 0.3 is 7.60 Å². The maximum absolute atomic E-state index is 14.6. The minimum atomic E-state index is -3.65. The molecule has 0 aliphatic heterocycles. The second-order valence-corrected chi connectivity index (χ2v) is 8.46. The minimum absolute atomic E-state index is 0.276. The third kappa shape index (κ3) is 6.46. The Labute approximate surface area is 161 Å². The van der Waals surface area contributed by atoms with Gasteiger partial charge in [-0.2, -0.15) is 0 Å². The van der Waals surface area contributed by atoms with Gasteiger partial charge in [0.2, 0.25) is 0 Å². The van der Waals surface area contributed by atoms with Crippen LogP contribution in [0.1, 0.15) is 50.9 Å². The maximum atomic E-state index is 14.6. The van der Waals surface area contributed by atoms with E-state index >= 15 is 0 Å². The SMILES string of the molecule is CCCCOP(=O)(OCCCC)[C@H](Nc1ccccc1)c1ccccc1F. The highest BCUT2D eigenvalue weighted by Gasteiger charge is 2.39. The summed E-state index contributed by atoms with van der Waals surface area (Å²) in [5, 5.41) is 3.18. The van der Waals surface area contributed by atoms with E-state index in [-0.39, 0.29) is 5.56 Å². The second-order valence-electron chi connectivity index (χ2n) is 6.35. The van der Waals surface area contributed by atoms with Gasteiger partial charge in [-0.15, -0.1) is 0 Å². The van der Waals surface area contributed by atoms with Crippen LogP contribution in [-0.4, -0.2) is 13.2 Å². The first-order valence-corrected chi connectivity index (χ1v) is 11.2. The van der Waals surface area contributed by atoms with Crippen LogP contribution in [0.2, 0.25) is 0 Å². The highest BCUT2D eigenvalue weighted by atomic mass is 31.2. The van der Waals surface area contributed by atoms with E-state index in [0.29, 0.717) is 13.2 Å². The third-order valence-corrected chi connectivity index (χ3v) is 6.26. The van der Waals surface area contributed by atoms with Crippen molar-refractivity contribution >= 4 is 13.3 Å². The Bertz CT molecular complexity index is 712. The summed E-state index contributed by atoms with van der Waals surface area (Å²) in [6.07, 6.45) is 3.34. The van der Waals surface area contributed by atoms with Gasteiger partial charge in [-0.1, -0.05) is 63.1 Å². The highest BCUT2D eigenvalue weighted by molar-refractivity contribution is 7.54. The topological polar surface area (TPSA) is 47.6 Å². The Kier molecular flexibility index (Phi) is 8.99. The number of nitrogens with one attached hydrogen (secondary N) is 1. The molecule has 6 heteroatoms. The normalized spacial score (nSPS) is 12.7. The summed E-state index contributed by atoms with van der Waals surface area (Å²) in [7, 11) is -3.65. The summed E-state index contributed by atoms with van der Waals surface area (Å²) < 4.78 is 39.9. The molecule has 0 fully saturated rings. The predicted molar refractivity (Wildman–Crippen MR) is 109 cm³/mol. The number of benzene rings is 2. The number of halogens is 1. The Morgan fingerprint density at radius 1 is 0.926 bits per heavy atom. The van der Waals surface area contributed by atoms with Crippen molar-refractivity contribution in [3.63, 3.8) is 0 Å². The van der Waals surface area contributed by atoms with Crippen molar-refractivity contribution in [2.24, 2.45) is 0 Å². The number of unbranched alkanes of at least 4 members (excludes halogenated alkanes) is 2. The molecule has 0 aliphatic rings. The van der Waals surface area contributed by atoms with Crippen LogP contribution in [0.5, 0.6) is 0 Å². The van der Waals surface area contributed by atoms with Gasteiger partial charge in [-0.05, 0) is 31.0 Å². The van der Waals surface area contributed by atoms with Gasteiger partial charge < -0.3 is 14.4 Å². The van der Waals surface area contributed by atoms with Crippen LogP contribution in [-0.2, 0) is 13.6 Å². The van der Waals surface area contributed by atoms with Crippen LogP contribution in [0.25, 0.3) is 0 Å². The monoisotopic (exact) mass is 393 g/mol. The molecule has 2 aromatic rings. The fourth-order valence-corrected chi connectivity index (χ4v) is 4.57. The van der Waals surface area contributed by atoms with E-state index in [4.69, 9.17) is 9.05 Å². The fourth-order valence-electron chi connectivity index (χ4n) is 2.57. The lowest BCUT2D eigenvalue weighted by molar-refractivity contribution is 0.194. The molecule has 0 aromatic heterocycles. The van der Waals surface area contributed by atoms with E-state index in [1.807, 2.05) is 44.2 Å². The molecule has 27 heavy (non-hydrogen) atoms. The van der Waals surface area contributed by atoms with Gasteiger partial charge in [0.25, 0.3) is 0 Å². The van der Waals surface area contributed by atoms with E-state index < -0.39 is 19.2 Å². The van der Waals surface area contributed by atoms with E-state index in [9.17, 15) is 8.96 Å². The lowest BCUT2D eigenvalue weighted by Crippen LogP contribution is -2.17. The van der Waals surface area contributed by atoms with E-state index in [1.165, 1.54) is 6.07 Å². The molecule has 0 aliphatic carbocycles. The number of anilines is 1. The quantitative estimate of drug-likeness (QED) is 0.320. The van der Waals surface area contributed by atoms with Crippen molar-refractivity contribution in [3.8, 4) is 0 Å². The lowest BCUT2D eigenvalue weighted by atomic mass is 10.2. The number of hydrogen-bond acceptors (Lipinski definition) is 4. The van der Waals surface area contributed by atoms with Crippen molar-refractivity contribution in [2.75, 3.05) is 18.5 Å². The summed E-state index contributed by atoms with van der Waals surface area (Å²) in [4.78, 5) is 0. The maximum Gasteiger partial charge on any atom is 0.357 e. The van der Waals surface area contributed by atoms with Crippen LogP contribution in [0, 0.1) is 5.82 Å². The van der Waals surface area contributed by atoms with Crippen molar-refractivity contribution in [1.29, 1.82) is 0 Å². The van der Waals surface area contributed by atoms with E-state index in [2.05, 4.69) is 5.32 Å². The van der Waals surface area contributed by atoms with Crippen molar-refractivity contribution in [1.82, 2.24) is 0 Å². The average Bonchev–Trinajstić information content (AvgIpc) is 2.68. The summed E-state index contributed by atoms with van der Waals surface area (Å²) >= 11 is 0. The summed E-state index contributed by atoms with van der Waals surface area (Å²) in [5.74, 6) is -1.36. The molecule has 148 valence electrons. The summed E-state index contributed by atoms with van der Waals surface area (Å²) in [6, 6.07) is 15.6. The Balaban J connectivity index is 2.38. The van der Waals surface area contributed by atoms with E-state index in [0.717, 1.165) is 31.4 Å². The number of rotatable bonds is 12. The highest BCUT2D eigenvalue weighted by Crippen LogP contribution is 2.61. The number of hydrogen-bond donors (Lipinski definition) is 1. The van der Waals surface area contributed by atoms with Gasteiger partial charge in [-0.25, -0.2) is 4.39 Å². The molecule has 0 unspecified atom stereocenters. The molecule has 2 rings (SSSR count). The van der Waals surface area contributed by atoms with Gasteiger partial charge in [0.15, 0.2) is 5.78 Å². The Morgan fingerprint density at radius 2 is 1.48 bits per heavy atom. The predicted octanol–water partition coefficient (Wildman–Crippen LogP) is 6.76. The average molecular weight is 393 g/mol. The zero-order valence-electron chi connectivity index (χ0n) is 16.1. The van der Waals surface area contributed by atoms with Crippen LogP contribution >= 0.6 is 7.60 Å². The molecular weight excluding hydrogens is 364 g/mol. The Morgan fingerprint density at radius 3 is 2.04 bits per heavy atom. The van der Waals surface area contributed by atoms with Crippen molar-refractivity contribution in [2.45, 2.75) is 45.3 Å². The lowest BCUT2D eigenvalue weighted by Gasteiger charge is -2.29. The molecule has 4 nitrogen and oxygen atoms in total. The van der Waals surface area contributed by atoms with Gasteiger partial charge in [0.05, 0.1) is 13.2 Å². The van der Waals surface area contributed by atoms with E-state index in [1.54, 1.807) is 18.2 Å². The van der Waals surface area contributed by atoms with Crippen LogP contribution in [0.3, 0.4) is 0 Å². The van der Waals surface area contributed by atoms with Crippen molar-refractivity contribution in [3.05, 3.63) is 66.0 Å². The third-order valence-electron chi connectivity index (χ3n) is 4.13. The molecule has 0 spiro atoms. The first kappa shape index (κ1) is 21.6. The van der Waals surface area contributed by atoms with Gasteiger partial charge in [-0.3, -0.25) is 4.57 Å². The fraction of sp³-hybridized carbons (Fsp3) is 0.429. The first-order chi connectivity index (χ1) is 13.1. The zero-order chi connectivity index (χ0) is 19.5. The van der Waals surface area contributed by atoms with Crippen LogP contribution in [0.15, 0.2) is 54.6 Å². The first-order valence-electron chi connectivity index (χ1n) is 9.55. The van der Waals surface area contributed by atoms with Crippen LogP contribution < -0.4 is 5.32 Å². The summed E-state index contributed by atoms with van der Waals surface area (Å²) in [6.45, 7) is 4.67. The molecule has 0 saturated carbocycles. The van der Waals surface area contributed by atoms with Crippen LogP contribution in [0.4, 0.5) is 10.1 Å². The molecule has 0 amide bonds. The molecule has 0 bridgehead atoms. The minimum Gasteiger partial charge on any atom is -0.368 e.